The first kappa shape index (κ1) is 15.6. The molecule has 0 fully saturated rings. The Morgan fingerprint density at radius 1 is 1.18 bits per heavy atom. The van der Waals surface area contributed by atoms with E-state index in [9.17, 15) is 0 Å². The van der Waals surface area contributed by atoms with Crippen LogP contribution in [0, 0.1) is 3.57 Å². The molecule has 0 aromatic heterocycles. The standard InChI is InChI=1S/C18H20INO2/c1-3-22-18-13-10-11-20-17(12(13)8-9-16(18)21-2)14-6-4-5-7-15(14)19/h4-9,17,20H,3,10-11H2,1-2H3. The topological polar surface area (TPSA) is 30.5 Å². The Morgan fingerprint density at radius 2 is 2.00 bits per heavy atom. The molecule has 1 heterocycles. The maximum Gasteiger partial charge on any atom is 0.164 e. The van der Waals surface area contributed by atoms with Gasteiger partial charge < -0.3 is 14.8 Å². The molecular formula is C18H20INO2. The summed E-state index contributed by atoms with van der Waals surface area (Å²) < 4.78 is 12.6. The number of hydrogen-bond donors (Lipinski definition) is 1. The second-order valence-corrected chi connectivity index (χ2v) is 6.42. The van der Waals surface area contributed by atoms with Crippen molar-refractivity contribution in [2.75, 3.05) is 20.3 Å². The molecule has 0 saturated heterocycles. The fourth-order valence-electron chi connectivity index (χ4n) is 3.05. The second-order valence-electron chi connectivity index (χ2n) is 5.26. The van der Waals surface area contributed by atoms with Gasteiger partial charge in [0.1, 0.15) is 0 Å². The minimum Gasteiger partial charge on any atom is -0.493 e. The SMILES string of the molecule is CCOc1c(OC)ccc2c1CCNC2c1ccccc1I. The molecule has 2 aromatic carbocycles. The van der Waals surface area contributed by atoms with E-state index in [1.165, 1.54) is 20.3 Å². The molecule has 1 aliphatic rings. The van der Waals surface area contributed by atoms with Gasteiger partial charge in [-0.1, -0.05) is 24.3 Å². The third kappa shape index (κ3) is 2.82. The van der Waals surface area contributed by atoms with Crippen LogP contribution in [0.1, 0.15) is 29.7 Å². The van der Waals surface area contributed by atoms with Gasteiger partial charge in [-0.25, -0.2) is 0 Å². The van der Waals surface area contributed by atoms with Crippen LogP contribution < -0.4 is 14.8 Å². The van der Waals surface area contributed by atoms with Crippen molar-refractivity contribution < 1.29 is 9.47 Å². The maximum absolute atomic E-state index is 5.89. The summed E-state index contributed by atoms with van der Waals surface area (Å²) in [5.41, 5.74) is 3.88. The van der Waals surface area contributed by atoms with Crippen LogP contribution in [0.4, 0.5) is 0 Å². The fraction of sp³-hybridized carbons (Fsp3) is 0.333. The minimum absolute atomic E-state index is 0.210. The third-order valence-corrected chi connectivity index (χ3v) is 5.00. The van der Waals surface area contributed by atoms with Gasteiger partial charge in [0.2, 0.25) is 0 Å². The first-order chi connectivity index (χ1) is 10.8. The Kier molecular flexibility index (Phi) is 4.88. The van der Waals surface area contributed by atoms with Gasteiger partial charge in [0.05, 0.1) is 19.8 Å². The van der Waals surface area contributed by atoms with Crippen LogP contribution in [0.3, 0.4) is 0 Å². The highest BCUT2D eigenvalue weighted by Crippen LogP contribution is 2.40. The molecule has 4 heteroatoms. The highest BCUT2D eigenvalue weighted by Gasteiger charge is 2.26. The van der Waals surface area contributed by atoms with Gasteiger partial charge in [0.15, 0.2) is 11.5 Å². The summed E-state index contributed by atoms with van der Waals surface area (Å²) in [5.74, 6) is 1.73. The lowest BCUT2D eigenvalue weighted by atomic mass is 9.89. The van der Waals surface area contributed by atoms with Crippen LogP contribution >= 0.6 is 22.6 Å². The molecule has 1 N–H and O–H groups in total. The number of hydrogen-bond acceptors (Lipinski definition) is 3. The molecule has 0 aliphatic carbocycles. The molecule has 0 radical (unpaired) electrons. The van der Waals surface area contributed by atoms with Crippen LogP contribution in [0.25, 0.3) is 0 Å². The Labute approximate surface area is 145 Å². The van der Waals surface area contributed by atoms with E-state index in [4.69, 9.17) is 9.47 Å². The zero-order chi connectivity index (χ0) is 15.5. The van der Waals surface area contributed by atoms with Gasteiger partial charge >= 0.3 is 0 Å². The number of rotatable bonds is 4. The number of benzene rings is 2. The Bertz CT molecular complexity index is 672. The van der Waals surface area contributed by atoms with Gasteiger partial charge in [-0.05, 0) is 59.2 Å². The van der Waals surface area contributed by atoms with E-state index >= 15 is 0 Å². The van der Waals surface area contributed by atoms with Gasteiger partial charge in [0.25, 0.3) is 0 Å². The zero-order valence-electron chi connectivity index (χ0n) is 12.9. The van der Waals surface area contributed by atoms with Gasteiger partial charge in [-0.3, -0.25) is 0 Å². The lowest BCUT2D eigenvalue weighted by molar-refractivity contribution is 0.305. The van der Waals surface area contributed by atoms with Crippen molar-refractivity contribution in [1.29, 1.82) is 0 Å². The molecule has 0 bridgehead atoms. The van der Waals surface area contributed by atoms with Crippen LogP contribution in [0.5, 0.6) is 11.5 Å². The smallest absolute Gasteiger partial charge is 0.164 e. The van der Waals surface area contributed by atoms with Crippen LogP contribution in [0.2, 0.25) is 0 Å². The second kappa shape index (κ2) is 6.87. The minimum atomic E-state index is 0.210. The van der Waals surface area contributed by atoms with Gasteiger partial charge in [-0.2, -0.15) is 0 Å². The molecule has 1 unspecified atom stereocenters. The molecule has 3 nitrogen and oxygen atoms in total. The van der Waals surface area contributed by atoms with E-state index in [-0.39, 0.29) is 6.04 Å². The van der Waals surface area contributed by atoms with Crippen molar-refractivity contribution >= 4 is 22.6 Å². The highest BCUT2D eigenvalue weighted by atomic mass is 127. The average Bonchev–Trinajstić information content (AvgIpc) is 2.55. The fourth-order valence-corrected chi connectivity index (χ4v) is 3.75. The van der Waals surface area contributed by atoms with E-state index in [2.05, 4.69) is 58.2 Å². The zero-order valence-corrected chi connectivity index (χ0v) is 15.0. The van der Waals surface area contributed by atoms with Crippen molar-refractivity contribution in [3.8, 4) is 11.5 Å². The third-order valence-electron chi connectivity index (χ3n) is 4.02. The number of halogens is 1. The van der Waals surface area contributed by atoms with E-state index in [0.717, 1.165) is 24.5 Å². The Hall–Kier alpha value is -1.27. The van der Waals surface area contributed by atoms with Crippen molar-refractivity contribution in [2.24, 2.45) is 0 Å². The van der Waals surface area contributed by atoms with Crippen molar-refractivity contribution in [1.82, 2.24) is 5.32 Å². The maximum atomic E-state index is 5.89. The molecule has 0 amide bonds. The largest absolute Gasteiger partial charge is 0.493 e. The predicted octanol–water partition coefficient (Wildman–Crippen LogP) is 3.93. The lowest BCUT2D eigenvalue weighted by Crippen LogP contribution is -2.31. The van der Waals surface area contributed by atoms with Gasteiger partial charge in [-0.15, -0.1) is 0 Å². The summed E-state index contributed by atoms with van der Waals surface area (Å²) >= 11 is 2.40. The first-order valence-electron chi connectivity index (χ1n) is 7.56. The number of nitrogens with one attached hydrogen (secondary N) is 1. The van der Waals surface area contributed by atoms with E-state index in [1.807, 2.05) is 13.0 Å². The molecule has 2 aromatic rings. The normalized spacial score (nSPS) is 17.0. The molecule has 3 rings (SSSR count). The quantitative estimate of drug-likeness (QED) is 0.777. The lowest BCUT2D eigenvalue weighted by Gasteiger charge is -2.30. The molecule has 116 valence electrons. The first-order valence-corrected chi connectivity index (χ1v) is 8.64. The molecule has 1 aliphatic heterocycles. The predicted molar refractivity (Wildman–Crippen MR) is 96.9 cm³/mol. The van der Waals surface area contributed by atoms with Crippen LogP contribution in [-0.4, -0.2) is 20.3 Å². The Morgan fingerprint density at radius 3 is 2.73 bits per heavy atom. The molecule has 1 atom stereocenters. The monoisotopic (exact) mass is 409 g/mol. The van der Waals surface area contributed by atoms with E-state index < -0.39 is 0 Å². The van der Waals surface area contributed by atoms with Crippen molar-refractivity contribution in [3.63, 3.8) is 0 Å². The van der Waals surface area contributed by atoms with Crippen molar-refractivity contribution in [2.45, 2.75) is 19.4 Å². The van der Waals surface area contributed by atoms with Crippen LogP contribution in [-0.2, 0) is 6.42 Å². The van der Waals surface area contributed by atoms with Crippen LogP contribution in [0.15, 0.2) is 36.4 Å². The Balaban J connectivity index is 2.11. The molecule has 0 spiro atoms. The molecular weight excluding hydrogens is 389 g/mol. The van der Waals surface area contributed by atoms with E-state index in [0.29, 0.717) is 6.61 Å². The molecule has 22 heavy (non-hydrogen) atoms. The summed E-state index contributed by atoms with van der Waals surface area (Å²) in [6.45, 7) is 3.60. The van der Waals surface area contributed by atoms with Crippen molar-refractivity contribution in [3.05, 3.63) is 56.7 Å². The molecule has 0 saturated carbocycles. The summed E-state index contributed by atoms with van der Waals surface area (Å²) in [7, 11) is 1.70. The van der Waals surface area contributed by atoms with E-state index in [1.54, 1.807) is 7.11 Å². The van der Waals surface area contributed by atoms with Gasteiger partial charge in [0, 0.05) is 15.7 Å². The average molecular weight is 409 g/mol. The number of methoxy groups -OCH3 is 1. The highest BCUT2D eigenvalue weighted by molar-refractivity contribution is 14.1. The summed E-state index contributed by atoms with van der Waals surface area (Å²) in [5, 5.41) is 3.64. The summed E-state index contributed by atoms with van der Waals surface area (Å²) in [6.07, 6.45) is 0.960. The number of ether oxygens (including phenoxy) is 2. The summed E-state index contributed by atoms with van der Waals surface area (Å²) in [6, 6.07) is 12.9. The number of fused-ring (bicyclic) bond motifs is 1. The summed E-state index contributed by atoms with van der Waals surface area (Å²) in [4.78, 5) is 0.